The van der Waals surface area contributed by atoms with Crippen molar-refractivity contribution < 1.29 is 14.6 Å². The van der Waals surface area contributed by atoms with Crippen molar-refractivity contribution in [3.8, 4) is 5.75 Å². The number of carbonyl (C=O) groups excluding carboxylic acids is 1. The lowest BCUT2D eigenvalue weighted by atomic mass is 10.0. The molecule has 1 aromatic carbocycles. The highest BCUT2D eigenvalue weighted by atomic mass is 16.5. The maximum atomic E-state index is 12.5. The molecular weight excluding hydrogens is 268 g/mol. The average molecular weight is 292 g/mol. The minimum Gasteiger partial charge on any atom is -0.478 e. The fraction of sp³-hybridized carbons (Fsp3) is 0.562. The molecule has 0 fully saturated rings. The zero-order chi connectivity index (χ0) is 15.6. The smallest absolute Gasteiger partial charge is 0.268 e. The van der Waals surface area contributed by atoms with Crippen LogP contribution in [-0.2, 0) is 4.79 Å². The number of hydrogen-bond acceptors (Lipinski definition) is 4. The number of aliphatic hydroxyl groups is 1. The molecule has 5 heteroatoms. The summed E-state index contributed by atoms with van der Waals surface area (Å²) in [5.41, 5.74) is 6.97. The molecule has 3 N–H and O–H groups in total. The predicted octanol–water partition coefficient (Wildman–Crippen LogP) is 1.84. The molecule has 0 spiro atoms. The number of amides is 1. The number of hydrogen-bond donors (Lipinski definition) is 2. The molecule has 2 atom stereocenters. The molecule has 1 amide bonds. The summed E-state index contributed by atoms with van der Waals surface area (Å²) in [6.07, 6.45) is -0.567. The minimum atomic E-state index is -0.614. The van der Waals surface area contributed by atoms with Gasteiger partial charge in [-0.3, -0.25) is 4.79 Å². The molecule has 0 aromatic heterocycles. The number of nitrogens with two attached hydrogens (primary N) is 1. The molecule has 1 aliphatic heterocycles. The van der Waals surface area contributed by atoms with E-state index < -0.39 is 12.2 Å². The van der Waals surface area contributed by atoms with Gasteiger partial charge in [-0.15, -0.1) is 0 Å². The third-order valence-corrected chi connectivity index (χ3v) is 3.78. The standard InChI is InChI=1S/C16H24N2O3/c1-4-18-12-9-11(13(19)7-8-17)5-6-14(12)21-15(10(2)3)16(18)20/h5-6,9-10,13,15,19H,4,7-8,17H2,1-3H3. The first-order valence-corrected chi connectivity index (χ1v) is 7.49. The molecule has 2 rings (SSSR count). The number of nitrogens with zero attached hydrogens (tertiary/aromatic N) is 1. The monoisotopic (exact) mass is 292 g/mol. The lowest BCUT2D eigenvalue weighted by molar-refractivity contribution is -0.128. The molecule has 2 unspecified atom stereocenters. The molecule has 1 heterocycles. The lowest BCUT2D eigenvalue weighted by Crippen LogP contribution is -2.48. The van der Waals surface area contributed by atoms with Crippen molar-refractivity contribution in [1.29, 1.82) is 0 Å². The van der Waals surface area contributed by atoms with Gasteiger partial charge in [0.25, 0.3) is 5.91 Å². The van der Waals surface area contributed by atoms with Crippen molar-refractivity contribution in [2.24, 2.45) is 11.7 Å². The van der Waals surface area contributed by atoms with Gasteiger partial charge in [-0.1, -0.05) is 19.9 Å². The Hall–Kier alpha value is -1.59. The van der Waals surface area contributed by atoms with Crippen LogP contribution in [0.1, 0.15) is 38.9 Å². The van der Waals surface area contributed by atoms with Gasteiger partial charge in [0, 0.05) is 6.54 Å². The highest BCUT2D eigenvalue weighted by molar-refractivity contribution is 6.00. The zero-order valence-corrected chi connectivity index (χ0v) is 12.9. The van der Waals surface area contributed by atoms with Crippen molar-refractivity contribution in [2.45, 2.75) is 39.4 Å². The van der Waals surface area contributed by atoms with Gasteiger partial charge in [0.05, 0.1) is 11.8 Å². The Balaban J connectivity index is 2.38. The Morgan fingerprint density at radius 1 is 1.43 bits per heavy atom. The fourth-order valence-electron chi connectivity index (χ4n) is 2.58. The number of aliphatic hydroxyl groups excluding tert-OH is 1. The quantitative estimate of drug-likeness (QED) is 0.868. The van der Waals surface area contributed by atoms with Crippen LogP contribution in [0.15, 0.2) is 18.2 Å². The lowest BCUT2D eigenvalue weighted by Gasteiger charge is -2.35. The largest absolute Gasteiger partial charge is 0.478 e. The van der Waals surface area contributed by atoms with Crippen molar-refractivity contribution in [3.63, 3.8) is 0 Å². The Bertz CT molecular complexity index is 516. The third kappa shape index (κ3) is 3.04. The summed E-state index contributed by atoms with van der Waals surface area (Å²) in [6.45, 7) is 6.88. The molecule has 0 saturated carbocycles. The van der Waals surface area contributed by atoms with E-state index in [0.717, 1.165) is 11.3 Å². The Morgan fingerprint density at radius 3 is 2.71 bits per heavy atom. The number of carbonyl (C=O) groups is 1. The van der Waals surface area contributed by atoms with E-state index in [2.05, 4.69) is 0 Å². The van der Waals surface area contributed by atoms with E-state index in [1.165, 1.54) is 0 Å². The van der Waals surface area contributed by atoms with Crippen molar-refractivity contribution in [3.05, 3.63) is 23.8 Å². The topological polar surface area (TPSA) is 75.8 Å². The second-order valence-corrected chi connectivity index (χ2v) is 5.69. The summed E-state index contributed by atoms with van der Waals surface area (Å²) < 4.78 is 5.83. The summed E-state index contributed by atoms with van der Waals surface area (Å²) >= 11 is 0. The van der Waals surface area contributed by atoms with Crippen LogP contribution < -0.4 is 15.4 Å². The summed E-state index contributed by atoms with van der Waals surface area (Å²) in [5, 5.41) is 10.1. The molecule has 21 heavy (non-hydrogen) atoms. The van der Waals surface area contributed by atoms with Crippen LogP contribution in [0.4, 0.5) is 5.69 Å². The number of fused-ring (bicyclic) bond motifs is 1. The van der Waals surface area contributed by atoms with E-state index >= 15 is 0 Å². The molecule has 0 bridgehead atoms. The molecule has 116 valence electrons. The van der Waals surface area contributed by atoms with Gasteiger partial charge in [-0.2, -0.15) is 0 Å². The first kappa shape index (κ1) is 15.8. The van der Waals surface area contributed by atoms with Crippen LogP contribution in [0.2, 0.25) is 0 Å². The minimum absolute atomic E-state index is 0.0227. The van der Waals surface area contributed by atoms with Crippen LogP contribution in [0.3, 0.4) is 0 Å². The Labute approximate surface area is 125 Å². The summed E-state index contributed by atoms with van der Waals surface area (Å²) in [6, 6.07) is 5.49. The number of anilines is 1. The van der Waals surface area contributed by atoms with Gasteiger partial charge in [0.15, 0.2) is 6.10 Å². The van der Waals surface area contributed by atoms with E-state index in [1.807, 2.05) is 39.0 Å². The van der Waals surface area contributed by atoms with Gasteiger partial charge in [0.1, 0.15) is 5.75 Å². The molecule has 1 aliphatic rings. The molecule has 0 saturated heterocycles. The summed E-state index contributed by atoms with van der Waals surface area (Å²) in [5.74, 6) is 0.784. The van der Waals surface area contributed by atoms with Crippen LogP contribution >= 0.6 is 0 Å². The first-order chi connectivity index (χ1) is 9.99. The van der Waals surface area contributed by atoms with Crippen molar-refractivity contribution >= 4 is 11.6 Å². The second-order valence-electron chi connectivity index (χ2n) is 5.69. The molecular formula is C16H24N2O3. The van der Waals surface area contributed by atoms with E-state index in [9.17, 15) is 9.90 Å². The summed E-state index contributed by atoms with van der Waals surface area (Å²) in [7, 11) is 0. The predicted molar refractivity (Wildman–Crippen MR) is 82.4 cm³/mol. The number of rotatable bonds is 5. The van der Waals surface area contributed by atoms with Crippen molar-refractivity contribution in [2.75, 3.05) is 18.0 Å². The van der Waals surface area contributed by atoms with Crippen LogP contribution in [0.25, 0.3) is 0 Å². The SMILES string of the molecule is CCN1C(=O)C(C(C)C)Oc2ccc(C(O)CCN)cc21. The third-order valence-electron chi connectivity index (χ3n) is 3.78. The number of likely N-dealkylation sites (N-methyl/N-ethyl adjacent to an activating group) is 1. The Kier molecular flexibility index (Phi) is 4.85. The van der Waals surface area contributed by atoms with Gasteiger partial charge < -0.3 is 20.5 Å². The van der Waals surface area contributed by atoms with Crippen LogP contribution in [0.5, 0.6) is 5.75 Å². The van der Waals surface area contributed by atoms with E-state index in [0.29, 0.717) is 25.3 Å². The molecule has 1 aromatic rings. The molecule has 5 nitrogen and oxygen atoms in total. The average Bonchev–Trinajstić information content (AvgIpc) is 2.46. The van der Waals surface area contributed by atoms with E-state index in [-0.39, 0.29) is 11.8 Å². The number of benzene rings is 1. The van der Waals surface area contributed by atoms with Crippen LogP contribution in [0, 0.1) is 5.92 Å². The van der Waals surface area contributed by atoms with Gasteiger partial charge in [-0.25, -0.2) is 0 Å². The summed E-state index contributed by atoms with van der Waals surface area (Å²) in [4.78, 5) is 14.2. The highest BCUT2D eigenvalue weighted by Crippen LogP contribution is 2.37. The van der Waals surface area contributed by atoms with Crippen molar-refractivity contribution in [1.82, 2.24) is 0 Å². The molecule has 0 radical (unpaired) electrons. The fourth-order valence-corrected chi connectivity index (χ4v) is 2.58. The normalized spacial score (nSPS) is 19.4. The number of ether oxygens (including phenoxy) is 1. The van der Waals surface area contributed by atoms with Gasteiger partial charge >= 0.3 is 0 Å². The maximum absolute atomic E-state index is 12.5. The van der Waals surface area contributed by atoms with E-state index in [4.69, 9.17) is 10.5 Å². The Morgan fingerprint density at radius 2 is 2.14 bits per heavy atom. The first-order valence-electron chi connectivity index (χ1n) is 7.49. The second kappa shape index (κ2) is 6.45. The van der Waals surface area contributed by atoms with Gasteiger partial charge in [0.2, 0.25) is 0 Å². The van der Waals surface area contributed by atoms with Crippen LogP contribution in [-0.4, -0.2) is 30.2 Å². The maximum Gasteiger partial charge on any atom is 0.268 e. The van der Waals surface area contributed by atoms with E-state index in [1.54, 1.807) is 4.90 Å². The zero-order valence-electron chi connectivity index (χ0n) is 12.9. The highest BCUT2D eigenvalue weighted by Gasteiger charge is 2.35. The van der Waals surface area contributed by atoms with Gasteiger partial charge in [-0.05, 0) is 43.5 Å². The molecule has 0 aliphatic carbocycles.